The molecule has 0 saturated heterocycles. The lowest BCUT2D eigenvalue weighted by molar-refractivity contribution is 0.440. The van der Waals surface area contributed by atoms with E-state index in [1.807, 2.05) is 0 Å². The molecule has 0 fully saturated rings. The maximum Gasteiger partial charge on any atom is 0.166 e. The summed E-state index contributed by atoms with van der Waals surface area (Å²) in [4.78, 5) is 0. The molecule has 0 saturated carbocycles. The van der Waals surface area contributed by atoms with Gasteiger partial charge in [-0.25, -0.2) is 17.6 Å². The summed E-state index contributed by atoms with van der Waals surface area (Å²) in [5.41, 5.74) is -1.47. The van der Waals surface area contributed by atoms with E-state index in [1.54, 1.807) is 0 Å². The van der Waals surface area contributed by atoms with Crippen LogP contribution in [0.1, 0.15) is 11.1 Å². The van der Waals surface area contributed by atoms with Crippen LogP contribution in [0.2, 0.25) is 0 Å². The molecule has 0 unspecified atom stereocenters. The van der Waals surface area contributed by atoms with E-state index >= 15 is 0 Å². The Morgan fingerprint density at radius 1 is 0.923 bits per heavy atom. The molecule has 0 heterocycles. The van der Waals surface area contributed by atoms with Crippen molar-refractivity contribution >= 4 is 12.6 Å². The third kappa shape index (κ3) is 1.52. The molecular weight excluding hydrogens is 204 g/mol. The van der Waals surface area contributed by atoms with Crippen molar-refractivity contribution in [2.45, 2.75) is 6.92 Å². The normalized spacial score (nSPS) is 10.6. The van der Waals surface area contributed by atoms with E-state index in [-0.39, 0.29) is 0 Å². The van der Waals surface area contributed by atoms with E-state index in [4.69, 9.17) is 0 Å². The molecule has 1 radical (unpaired) electrons. The van der Waals surface area contributed by atoms with Crippen LogP contribution < -0.4 is 0 Å². The lowest BCUT2D eigenvalue weighted by atomic mass is 10.1. The van der Waals surface area contributed by atoms with Crippen molar-refractivity contribution in [1.29, 1.82) is 0 Å². The first kappa shape index (κ1) is 10.4. The van der Waals surface area contributed by atoms with Gasteiger partial charge in [0.2, 0.25) is 0 Å². The summed E-state index contributed by atoms with van der Waals surface area (Å²) in [5.74, 6) is -4.95. The summed E-state index contributed by atoms with van der Waals surface area (Å²) in [6.07, 6.45) is 0. The second-order valence-corrected chi connectivity index (χ2v) is 2.68. The maximum absolute atomic E-state index is 12.8. The Labute approximate surface area is 78.0 Å². The smallest absolute Gasteiger partial charge is 0.166 e. The topological polar surface area (TPSA) is 0 Å². The van der Waals surface area contributed by atoms with Gasteiger partial charge < -0.3 is 0 Å². The lowest BCUT2D eigenvalue weighted by Crippen LogP contribution is -2.03. The number of benzene rings is 1. The fourth-order valence-electron chi connectivity index (χ4n) is 0.872. The average Bonchev–Trinajstić information content (AvgIpc) is 2.13. The van der Waals surface area contributed by atoms with Gasteiger partial charge in [-0.05, 0) is 6.92 Å². The van der Waals surface area contributed by atoms with Crippen molar-refractivity contribution in [3.8, 4) is 0 Å². The van der Waals surface area contributed by atoms with Gasteiger partial charge in [0.25, 0.3) is 0 Å². The highest BCUT2D eigenvalue weighted by Gasteiger charge is 2.21. The molecule has 0 amide bonds. The quantitative estimate of drug-likeness (QED) is 0.410. The van der Waals surface area contributed by atoms with Crippen LogP contribution in [0, 0.1) is 35.9 Å². The standard InChI is InChI=1S/C8H5F4S/c1-3-5(9)7(11)4(2-13)8(12)6(3)10/h2,13H,1H3. The van der Waals surface area contributed by atoms with Crippen LogP contribution >= 0.6 is 12.6 Å². The van der Waals surface area contributed by atoms with Crippen molar-refractivity contribution in [2.75, 3.05) is 0 Å². The fraction of sp³-hybridized carbons (Fsp3) is 0.125. The van der Waals surface area contributed by atoms with E-state index in [2.05, 4.69) is 12.6 Å². The molecule has 0 aliphatic rings. The van der Waals surface area contributed by atoms with E-state index in [1.165, 1.54) is 0 Å². The summed E-state index contributed by atoms with van der Waals surface area (Å²) in [6, 6.07) is 0. The summed E-state index contributed by atoms with van der Waals surface area (Å²) in [6.45, 7) is 0.957. The minimum atomic E-state index is -1.42. The van der Waals surface area contributed by atoms with Crippen LogP contribution in [0.15, 0.2) is 0 Å². The second kappa shape index (κ2) is 3.57. The summed E-state index contributed by atoms with van der Waals surface area (Å²) in [7, 11) is 0. The molecule has 1 aromatic rings. The van der Waals surface area contributed by atoms with Crippen LogP contribution in [0.25, 0.3) is 0 Å². The number of halogens is 4. The van der Waals surface area contributed by atoms with Gasteiger partial charge in [-0.1, -0.05) is 0 Å². The minimum absolute atomic E-state index is 0.672. The second-order valence-electron chi connectivity index (χ2n) is 2.42. The Bertz CT molecular complexity index is 319. The van der Waals surface area contributed by atoms with Crippen LogP contribution in [-0.4, -0.2) is 0 Å². The predicted molar refractivity (Wildman–Crippen MR) is 43.4 cm³/mol. The van der Waals surface area contributed by atoms with Crippen LogP contribution in [0.5, 0.6) is 0 Å². The van der Waals surface area contributed by atoms with E-state index < -0.39 is 34.4 Å². The lowest BCUT2D eigenvalue weighted by Gasteiger charge is -2.06. The molecule has 13 heavy (non-hydrogen) atoms. The zero-order valence-corrected chi connectivity index (χ0v) is 7.43. The molecule has 0 aromatic heterocycles. The van der Waals surface area contributed by atoms with Crippen molar-refractivity contribution in [3.05, 3.63) is 40.1 Å². The highest BCUT2D eigenvalue weighted by Crippen LogP contribution is 2.25. The van der Waals surface area contributed by atoms with Crippen LogP contribution in [0.4, 0.5) is 17.6 Å². The Kier molecular flexibility index (Phi) is 2.85. The molecule has 0 aliphatic heterocycles. The Morgan fingerprint density at radius 2 is 1.31 bits per heavy atom. The van der Waals surface area contributed by atoms with Gasteiger partial charge in [0.1, 0.15) is 0 Å². The van der Waals surface area contributed by atoms with Gasteiger partial charge >= 0.3 is 0 Å². The van der Waals surface area contributed by atoms with Crippen molar-refractivity contribution < 1.29 is 17.6 Å². The highest BCUT2D eigenvalue weighted by molar-refractivity contribution is 7.82. The van der Waals surface area contributed by atoms with Gasteiger partial charge in [0.15, 0.2) is 23.3 Å². The highest BCUT2D eigenvalue weighted by atomic mass is 32.1. The first-order valence-electron chi connectivity index (χ1n) is 3.30. The SMILES string of the molecule is Cc1c(F)c(F)c([CH]S)c(F)c1F. The molecule has 1 aromatic carbocycles. The van der Waals surface area contributed by atoms with Gasteiger partial charge in [-0.3, -0.25) is 0 Å². The number of hydrogen-bond acceptors (Lipinski definition) is 1. The molecule has 0 N–H and O–H groups in total. The predicted octanol–water partition coefficient (Wildman–Crippen LogP) is 2.99. The van der Waals surface area contributed by atoms with E-state index in [0.717, 1.165) is 6.92 Å². The Balaban J connectivity index is 3.56. The first-order chi connectivity index (χ1) is 6.00. The maximum atomic E-state index is 12.8. The molecule has 0 aliphatic carbocycles. The zero-order valence-electron chi connectivity index (χ0n) is 6.54. The van der Waals surface area contributed by atoms with Gasteiger partial charge in [0.05, 0.1) is 0 Å². The summed E-state index contributed by atoms with van der Waals surface area (Å²) < 4.78 is 51.3. The first-order valence-corrected chi connectivity index (χ1v) is 3.82. The summed E-state index contributed by atoms with van der Waals surface area (Å²) in [5, 5.41) is 0. The molecular formula is C8H5F4S. The number of thiol groups is 1. The minimum Gasteiger partial charge on any atom is -0.203 e. The van der Waals surface area contributed by atoms with Crippen LogP contribution in [0.3, 0.4) is 0 Å². The largest absolute Gasteiger partial charge is 0.203 e. The Hall–Kier alpha value is -0.710. The average molecular weight is 209 g/mol. The molecule has 0 atom stereocenters. The van der Waals surface area contributed by atoms with Crippen molar-refractivity contribution in [2.24, 2.45) is 0 Å². The van der Waals surface area contributed by atoms with Gasteiger partial charge in [-0.2, -0.15) is 12.6 Å². The van der Waals surface area contributed by atoms with Gasteiger partial charge in [-0.15, -0.1) is 0 Å². The van der Waals surface area contributed by atoms with Crippen LogP contribution in [-0.2, 0) is 0 Å². The van der Waals surface area contributed by atoms with Gasteiger partial charge in [0, 0.05) is 16.9 Å². The van der Waals surface area contributed by atoms with E-state index in [0.29, 0.717) is 5.75 Å². The monoisotopic (exact) mass is 209 g/mol. The number of hydrogen-bond donors (Lipinski definition) is 1. The third-order valence-electron chi connectivity index (χ3n) is 1.65. The molecule has 71 valence electrons. The molecule has 0 bridgehead atoms. The summed E-state index contributed by atoms with van der Waals surface area (Å²) >= 11 is 3.44. The van der Waals surface area contributed by atoms with Crippen molar-refractivity contribution in [1.82, 2.24) is 0 Å². The molecule has 1 rings (SSSR count). The van der Waals surface area contributed by atoms with E-state index in [9.17, 15) is 17.6 Å². The van der Waals surface area contributed by atoms with Crippen molar-refractivity contribution in [3.63, 3.8) is 0 Å². The molecule has 0 spiro atoms. The fourth-order valence-corrected chi connectivity index (χ4v) is 1.10. The molecule has 0 nitrogen and oxygen atoms in total. The number of rotatable bonds is 1. The zero-order chi connectivity index (χ0) is 10.2. The third-order valence-corrected chi connectivity index (χ3v) is 1.90. The molecule has 5 heteroatoms. The Morgan fingerprint density at radius 3 is 1.62 bits per heavy atom.